The van der Waals surface area contributed by atoms with Crippen LogP contribution in [0.2, 0.25) is 5.02 Å². The maximum Gasteiger partial charge on any atom is 0.327 e. The number of carbonyl (C=O) groups excluding carboxylic acids is 13. The quantitative estimate of drug-likeness (QED) is 0.00833. The van der Waals surface area contributed by atoms with Crippen LogP contribution in [0.1, 0.15) is 102 Å². The zero-order valence-electron chi connectivity index (χ0n) is 59.5. The molecule has 1 aromatic heterocycles. The minimum Gasteiger partial charge on any atom is -0.480 e. The largest absolute Gasteiger partial charge is 0.480 e. The second-order valence-corrected chi connectivity index (χ2v) is 27.0. The lowest BCUT2D eigenvalue weighted by molar-refractivity contribution is -0.145. The summed E-state index contributed by atoms with van der Waals surface area (Å²) in [4.78, 5) is 209. The van der Waals surface area contributed by atoms with E-state index < -0.39 is 182 Å². The topological polar surface area (TPSA) is 550 Å². The Morgan fingerprint density at radius 1 is 0.710 bits per heavy atom. The molecule has 35 nitrogen and oxygen atoms in total. The number of nitrogens with zero attached hydrogens (tertiary/aromatic N) is 5. The molecule has 0 bridgehead atoms. The minimum absolute atomic E-state index is 0.00553. The molecule has 0 radical (unpaired) electrons. The van der Waals surface area contributed by atoms with Crippen molar-refractivity contribution in [1.82, 2.24) is 68.4 Å². The first-order valence-corrected chi connectivity index (χ1v) is 35.3. The maximum absolute atomic E-state index is 15.3. The van der Waals surface area contributed by atoms with E-state index in [4.69, 9.17) is 28.8 Å². The van der Waals surface area contributed by atoms with E-state index in [1.807, 2.05) is 12.1 Å². The Bertz CT molecular complexity index is 4180. The number of likely N-dealkylation sites (tertiary alicyclic amines) is 1. The van der Waals surface area contributed by atoms with Crippen molar-refractivity contribution >= 4 is 122 Å². The number of fused-ring (bicyclic) bond motifs is 2. The van der Waals surface area contributed by atoms with Gasteiger partial charge in [-0.25, -0.2) is 4.79 Å². The number of para-hydroxylation sites is 1. The number of nitrogens with one attached hydrogen (secondary N) is 12. The molecule has 2 saturated heterocycles. The Morgan fingerprint density at radius 3 is 2.03 bits per heavy atom. The van der Waals surface area contributed by atoms with E-state index >= 15 is 19.2 Å². The van der Waals surface area contributed by atoms with Crippen LogP contribution in [-0.4, -0.2) is 196 Å². The van der Waals surface area contributed by atoms with Crippen molar-refractivity contribution in [3.05, 3.63) is 129 Å². The Kier molecular flexibility index (Phi) is 30.8. The van der Waals surface area contributed by atoms with Crippen LogP contribution in [0.25, 0.3) is 32.1 Å². The van der Waals surface area contributed by atoms with Gasteiger partial charge in [0.25, 0.3) is 0 Å². The molecule has 5 aromatic rings. The predicted molar refractivity (Wildman–Crippen MR) is 392 cm³/mol. The molecule has 2 aliphatic heterocycles. The molecule has 4 aromatic carbocycles. The van der Waals surface area contributed by atoms with E-state index in [0.717, 1.165) is 17.7 Å². The number of H-pyrrole nitrogens is 1. The van der Waals surface area contributed by atoms with Gasteiger partial charge in [0.05, 0.1) is 0 Å². The minimum atomic E-state index is -2.05. The summed E-state index contributed by atoms with van der Waals surface area (Å²) in [6, 6.07) is 8.60. The number of carboxylic acid groups (broad SMARTS) is 1. The molecule has 19 N–H and O–H groups in total. The number of halogens is 1. The molecule has 572 valence electrons. The number of aliphatic imine (C=N–C) groups is 1. The third-order valence-corrected chi connectivity index (χ3v) is 18.1. The number of hydrogen-bond acceptors (Lipinski definition) is 16. The second-order valence-electron chi connectivity index (χ2n) is 26.6. The lowest BCUT2D eigenvalue weighted by Crippen LogP contribution is -2.61. The number of amides is 13. The normalized spacial score (nSPS) is 20.4. The first kappa shape index (κ1) is 82.6. The summed E-state index contributed by atoms with van der Waals surface area (Å²) in [7, 11) is 0. The first-order valence-electron chi connectivity index (χ1n) is 34.9. The lowest BCUT2D eigenvalue weighted by atomic mass is 9.98. The van der Waals surface area contributed by atoms with Crippen LogP contribution in [0, 0.1) is 5.92 Å². The highest BCUT2D eigenvalue weighted by atomic mass is 35.5. The Balaban J connectivity index is 1.26. The Hall–Kier alpha value is -11.7. The summed E-state index contributed by atoms with van der Waals surface area (Å²) in [5.41, 5.74) is 28.2. The summed E-state index contributed by atoms with van der Waals surface area (Å²) < 4.78 is 0. The number of aromatic amines is 1. The van der Waals surface area contributed by atoms with Crippen molar-refractivity contribution in [3.8, 4) is 0 Å². The molecule has 7 rings (SSSR count). The van der Waals surface area contributed by atoms with Crippen molar-refractivity contribution in [2.24, 2.45) is 33.2 Å². The fraction of sp³-hybridized carbons (Fsp3) is 0.451. The average molecular weight is 1500 g/mol. The van der Waals surface area contributed by atoms with E-state index in [1.54, 1.807) is 86.8 Å². The molecule has 0 saturated carbocycles. The molecular formula is C71H91ClN20O15. The molecular weight excluding hydrogens is 1410 g/mol. The number of aromatic nitrogens is 1. The molecule has 2 fully saturated rings. The van der Waals surface area contributed by atoms with Crippen LogP contribution in [-0.2, 0) is 86.4 Å². The molecule has 3 heterocycles. The van der Waals surface area contributed by atoms with E-state index in [2.05, 4.69) is 78.5 Å². The zero-order chi connectivity index (χ0) is 78.0. The highest BCUT2D eigenvalue weighted by molar-refractivity contribution is 6.30. The van der Waals surface area contributed by atoms with Gasteiger partial charge >= 0.3 is 5.97 Å². The summed E-state index contributed by atoms with van der Waals surface area (Å²) in [6.07, 6.45) is -1.32. The van der Waals surface area contributed by atoms with E-state index in [1.165, 1.54) is 24.0 Å². The molecule has 0 unspecified atom stereocenters. The Labute approximate surface area is 619 Å². The number of carboxylic acids is 1. The van der Waals surface area contributed by atoms with Gasteiger partial charge in [-0.15, -0.1) is 0 Å². The van der Waals surface area contributed by atoms with E-state index in [-0.39, 0.29) is 76.3 Å². The van der Waals surface area contributed by atoms with Gasteiger partial charge in [0.15, 0.2) is 5.96 Å². The van der Waals surface area contributed by atoms with Crippen LogP contribution in [0.3, 0.4) is 0 Å². The van der Waals surface area contributed by atoms with Crippen molar-refractivity contribution in [3.63, 3.8) is 0 Å². The van der Waals surface area contributed by atoms with Gasteiger partial charge in [0.1, 0.15) is 66.5 Å². The molecule has 13 amide bonds. The number of guanidine groups is 1. The third kappa shape index (κ3) is 25.0. The van der Waals surface area contributed by atoms with Crippen LogP contribution < -0.4 is 75.7 Å². The maximum atomic E-state index is 15.3. The number of benzene rings is 4. The van der Waals surface area contributed by atoms with Gasteiger partial charge in [-0.2, -0.15) is 0 Å². The van der Waals surface area contributed by atoms with E-state index in [0.29, 0.717) is 39.0 Å². The number of nitrogens with two attached hydrogens (primary N) is 3. The Morgan fingerprint density at radius 2 is 1.35 bits per heavy atom. The standard InChI is InChI=1S/C71H91ClN20O15/c1-37(2)29-51(63(99)83-50(15-9-26-78-71(74)75)69(105)92-28-10-16-57(92)68(104)89-56(35-73)70(106)107)84-65(101)53(32-41-17-20-42-11-5-6-12-43(42)30-41)86-62(98)49-25-27-77-60(96)38(3)80-58(94)24-23-48(81-39(4)93)61(97)85-52(31-40-18-21-45(72)22-19-40)64(100)87-54(33-44-36-79-47-14-8-7-13-46(44)47)66(102)88-55(67(103)82-49)34-59(95)90-91-76/h5-8,11-14,17-22,30,36-38,48-57,79H,9-10,15-16,23-29,31-35,73H2,1-4H3,(H,77,96)(H,80,94)(H,81,93)(H,82,103)(H,83,99)(H,84,101)(H,85,97)(H,86,98)(H,87,100)(H,88,102)(H,89,104)(H,106,107)(H4,74,75,78)/t38-,48+,49+,50+,51+,52-,53-,54-,55+,56+,57+/m1/s1. The van der Waals surface area contributed by atoms with Gasteiger partial charge in [0, 0.05) is 92.2 Å². The number of azide groups is 1. The van der Waals surface area contributed by atoms with Crippen molar-refractivity contribution in [1.29, 1.82) is 0 Å². The molecule has 2 aliphatic rings. The fourth-order valence-electron chi connectivity index (χ4n) is 12.4. The van der Waals surface area contributed by atoms with Gasteiger partial charge < -0.3 is 90.7 Å². The molecule has 36 heteroatoms. The monoisotopic (exact) mass is 1500 g/mol. The number of aliphatic carboxylic acids is 1. The average Bonchev–Trinajstić information content (AvgIpc) is 1.82. The van der Waals surface area contributed by atoms with Gasteiger partial charge in [0.2, 0.25) is 76.8 Å². The highest BCUT2D eigenvalue weighted by Crippen LogP contribution is 2.24. The highest BCUT2D eigenvalue weighted by Gasteiger charge is 2.41. The van der Waals surface area contributed by atoms with Crippen LogP contribution in [0.4, 0.5) is 0 Å². The van der Waals surface area contributed by atoms with Crippen molar-refractivity contribution in [2.45, 2.75) is 171 Å². The van der Waals surface area contributed by atoms with Gasteiger partial charge in [-0.3, -0.25) is 67.3 Å². The SMILES string of the molecule is CC(=O)N[C@H]1CCC(=O)N[C@H](C)C(=O)NCC[C@@H](C(=O)N[C@H](Cc2ccc3ccccc3c2)C(=O)N[C@@H](CC(C)C)C(=O)N[C@@H](CCCN=C(N)N)C(=O)N2CCC[C@H]2C(=O)N[C@@H](CN)C(=O)O)NC(=O)[C@H](CC(=O)N=[N+]=[N-])NC(=O)[C@@H](Cc2c[nH]c3ccccc23)NC(=O)[C@@H](Cc2ccc(Cl)cc2)NC1=O. The number of carbonyl (C=O) groups is 14. The molecule has 0 spiro atoms. The summed E-state index contributed by atoms with van der Waals surface area (Å²) in [6.45, 7) is 5.07. The molecule has 107 heavy (non-hydrogen) atoms. The van der Waals surface area contributed by atoms with Crippen molar-refractivity contribution in [2.75, 3.05) is 26.2 Å². The summed E-state index contributed by atoms with van der Waals surface area (Å²) >= 11 is 6.21. The van der Waals surface area contributed by atoms with Crippen molar-refractivity contribution < 1.29 is 72.2 Å². The van der Waals surface area contributed by atoms with Crippen LogP contribution >= 0.6 is 11.6 Å². The van der Waals surface area contributed by atoms with Gasteiger partial charge in [-0.1, -0.05) is 98.2 Å². The summed E-state index contributed by atoms with van der Waals surface area (Å²) in [5.74, 6) is -14.4. The predicted octanol–water partition coefficient (Wildman–Crippen LogP) is -0.449. The third-order valence-electron chi connectivity index (χ3n) is 17.9. The fourth-order valence-corrected chi connectivity index (χ4v) is 12.5. The number of hydrogen-bond donors (Lipinski definition) is 16. The van der Waals surface area contributed by atoms with E-state index in [9.17, 15) is 58.6 Å². The molecule has 0 aliphatic carbocycles. The van der Waals surface area contributed by atoms with Gasteiger partial charge in [-0.05, 0) is 114 Å². The first-order chi connectivity index (χ1) is 51.0. The number of rotatable bonds is 26. The lowest BCUT2D eigenvalue weighted by Gasteiger charge is -2.31. The van der Waals surface area contributed by atoms with Crippen LogP contribution in [0.15, 0.2) is 107 Å². The smallest absolute Gasteiger partial charge is 0.327 e. The molecule has 11 atom stereocenters. The second kappa shape index (κ2) is 40.0. The van der Waals surface area contributed by atoms with Crippen LogP contribution in [0.5, 0.6) is 0 Å². The summed E-state index contributed by atoms with van der Waals surface area (Å²) in [5, 5.41) is 43.7. The zero-order valence-corrected chi connectivity index (χ0v) is 60.2.